The molecule has 0 radical (unpaired) electrons. The first-order chi connectivity index (χ1) is 7.44. The average molecular weight is 281 g/mol. The Hall–Kier alpha value is -0.250. The summed E-state index contributed by atoms with van der Waals surface area (Å²) in [4.78, 5) is 0. The third kappa shape index (κ3) is 4.32. The Balaban J connectivity index is 2.79. The van der Waals surface area contributed by atoms with Gasteiger partial charge in [-0.3, -0.25) is 0 Å². The van der Waals surface area contributed by atoms with Gasteiger partial charge in [-0.15, -0.1) is 11.6 Å². The molecule has 0 fully saturated rings. The first kappa shape index (κ1) is 13.8. The summed E-state index contributed by atoms with van der Waals surface area (Å²) in [6, 6.07) is 7.39. The highest BCUT2D eigenvalue weighted by atomic mass is 35.5. The highest BCUT2D eigenvalue weighted by Gasteiger charge is 2.15. The largest absolute Gasteiger partial charge is 0.229 e. The van der Waals surface area contributed by atoms with Gasteiger partial charge in [0.05, 0.1) is 5.75 Å². The summed E-state index contributed by atoms with van der Waals surface area (Å²) in [5.74, 6) is 0.500. The van der Waals surface area contributed by atoms with Crippen LogP contribution in [-0.4, -0.2) is 26.3 Å². The second-order valence-corrected chi connectivity index (χ2v) is 6.77. The maximum Gasteiger partial charge on any atom is 0.147 e. The molecule has 0 spiro atoms. The van der Waals surface area contributed by atoms with E-state index in [1.165, 1.54) is 6.26 Å². The van der Waals surface area contributed by atoms with Gasteiger partial charge in [0.25, 0.3) is 0 Å². The summed E-state index contributed by atoms with van der Waals surface area (Å²) < 4.78 is 22.2. The molecule has 0 amide bonds. The van der Waals surface area contributed by atoms with Gasteiger partial charge < -0.3 is 0 Å². The van der Waals surface area contributed by atoms with Crippen LogP contribution in [0.3, 0.4) is 0 Å². The molecule has 0 saturated heterocycles. The lowest BCUT2D eigenvalue weighted by molar-refractivity contribution is 0.594. The van der Waals surface area contributed by atoms with Crippen molar-refractivity contribution in [3.8, 4) is 0 Å². The molecule has 90 valence electrons. The minimum atomic E-state index is -2.95. The van der Waals surface area contributed by atoms with Crippen molar-refractivity contribution in [3.05, 3.63) is 34.9 Å². The summed E-state index contributed by atoms with van der Waals surface area (Å²) in [7, 11) is -2.95. The Labute approximate surface area is 106 Å². The van der Waals surface area contributed by atoms with Crippen LogP contribution in [0.2, 0.25) is 5.02 Å². The summed E-state index contributed by atoms with van der Waals surface area (Å²) in [5.41, 5.74) is 0.919. The van der Waals surface area contributed by atoms with E-state index in [0.29, 0.717) is 17.3 Å². The van der Waals surface area contributed by atoms with Crippen LogP contribution in [-0.2, 0) is 9.84 Å². The third-order valence-electron chi connectivity index (χ3n) is 2.37. The van der Waals surface area contributed by atoms with Crippen molar-refractivity contribution in [2.75, 3.05) is 17.9 Å². The minimum Gasteiger partial charge on any atom is -0.229 e. The number of alkyl halides is 1. The van der Waals surface area contributed by atoms with E-state index >= 15 is 0 Å². The Morgan fingerprint density at radius 1 is 1.31 bits per heavy atom. The molecule has 0 saturated carbocycles. The topological polar surface area (TPSA) is 34.1 Å². The van der Waals surface area contributed by atoms with E-state index in [4.69, 9.17) is 23.2 Å². The zero-order valence-electron chi connectivity index (χ0n) is 8.99. The molecular weight excluding hydrogens is 267 g/mol. The number of hydrogen-bond acceptors (Lipinski definition) is 2. The smallest absolute Gasteiger partial charge is 0.147 e. The standard InChI is InChI=1S/C11H14Cl2O2S/c1-16(14,15)7-6-9(8-12)10-4-2-3-5-11(10)13/h2-5,9H,6-8H2,1H3. The Morgan fingerprint density at radius 3 is 2.44 bits per heavy atom. The van der Waals surface area contributed by atoms with Crippen LogP contribution < -0.4 is 0 Å². The van der Waals surface area contributed by atoms with Crippen molar-refractivity contribution in [1.82, 2.24) is 0 Å². The first-order valence-corrected chi connectivity index (χ1v) is 7.89. The number of benzene rings is 1. The highest BCUT2D eigenvalue weighted by Crippen LogP contribution is 2.28. The lowest BCUT2D eigenvalue weighted by Crippen LogP contribution is -2.10. The fourth-order valence-electron chi connectivity index (χ4n) is 1.48. The summed E-state index contributed by atoms with van der Waals surface area (Å²) in [6.45, 7) is 0. The van der Waals surface area contributed by atoms with Crippen LogP contribution in [0.1, 0.15) is 17.9 Å². The van der Waals surface area contributed by atoms with E-state index in [1.54, 1.807) is 6.07 Å². The Morgan fingerprint density at radius 2 is 1.94 bits per heavy atom. The predicted molar refractivity (Wildman–Crippen MR) is 69.2 cm³/mol. The van der Waals surface area contributed by atoms with Crippen molar-refractivity contribution in [2.45, 2.75) is 12.3 Å². The first-order valence-electron chi connectivity index (χ1n) is 4.92. The molecule has 0 aromatic heterocycles. The normalized spacial score (nSPS) is 13.7. The molecule has 2 nitrogen and oxygen atoms in total. The fourth-order valence-corrected chi connectivity index (χ4v) is 2.80. The minimum absolute atomic E-state index is 0.00917. The van der Waals surface area contributed by atoms with Crippen LogP contribution in [0.5, 0.6) is 0 Å². The van der Waals surface area contributed by atoms with Gasteiger partial charge in [-0.1, -0.05) is 29.8 Å². The van der Waals surface area contributed by atoms with E-state index in [1.807, 2.05) is 18.2 Å². The summed E-state index contributed by atoms with van der Waals surface area (Å²) in [5, 5.41) is 0.640. The van der Waals surface area contributed by atoms with E-state index in [9.17, 15) is 8.42 Å². The Bertz CT molecular complexity index is 443. The van der Waals surface area contributed by atoms with E-state index < -0.39 is 9.84 Å². The van der Waals surface area contributed by atoms with Crippen LogP contribution in [0.15, 0.2) is 24.3 Å². The van der Waals surface area contributed by atoms with Crippen molar-refractivity contribution >= 4 is 33.0 Å². The molecule has 1 aromatic carbocycles. The summed E-state index contributed by atoms with van der Waals surface area (Å²) in [6.07, 6.45) is 1.73. The van der Waals surface area contributed by atoms with E-state index in [-0.39, 0.29) is 11.7 Å². The van der Waals surface area contributed by atoms with Crippen LogP contribution in [0, 0.1) is 0 Å². The molecule has 0 aliphatic heterocycles. The number of hydrogen-bond donors (Lipinski definition) is 0. The van der Waals surface area contributed by atoms with Gasteiger partial charge in [0.1, 0.15) is 9.84 Å². The van der Waals surface area contributed by atoms with Crippen molar-refractivity contribution in [3.63, 3.8) is 0 Å². The second kappa shape index (κ2) is 5.89. The maximum absolute atomic E-state index is 11.1. The molecule has 0 aliphatic carbocycles. The molecule has 0 aliphatic rings. The quantitative estimate of drug-likeness (QED) is 0.777. The van der Waals surface area contributed by atoms with Crippen LogP contribution in [0.25, 0.3) is 0 Å². The lowest BCUT2D eigenvalue weighted by Gasteiger charge is -2.15. The number of halogens is 2. The Kier molecular flexibility index (Phi) is 5.09. The lowest BCUT2D eigenvalue weighted by atomic mass is 9.98. The third-order valence-corrected chi connectivity index (χ3v) is 4.06. The molecule has 1 rings (SSSR count). The average Bonchev–Trinajstić information content (AvgIpc) is 2.20. The molecule has 0 heterocycles. The van der Waals surface area contributed by atoms with Crippen LogP contribution in [0.4, 0.5) is 0 Å². The molecule has 1 aromatic rings. The molecule has 1 unspecified atom stereocenters. The zero-order chi connectivity index (χ0) is 12.2. The van der Waals surface area contributed by atoms with Crippen molar-refractivity contribution in [2.24, 2.45) is 0 Å². The van der Waals surface area contributed by atoms with Crippen molar-refractivity contribution in [1.29, 1.82) is 0 Å². The molecule has 16 heavy (non-hydrogen) atoms. The predicted octanol–water partition coefficient (Wildman–Crippen LogP) is 3.10. The zero-order valence-corrected chi connectivity index (χ0v) is 11.3. The monoisotopic (exact) mass is 280 g/mol. The molecule has 0 N–H and O–H groups in total. The maximum atomic E-state index is 11.1. The number of rotatable bonds is 5. The van der Waals surface area contributed by atoms with Gasteiger partial charge in [0.2, 0.25) is 0 Å². The van der Waals surface area contributed by atoms with Gasteiger partial charge in [-0.2, -0.15) is 0 Å². The highest BCUT2D eigenvalue weighted by molar-refractivity contribution is 7.90. The fraction of sp³-hybridized carbons (Fsp3) is 0.455. The van der Waals surface area contributed by atoms with Crippen LogP contribution >= 0.6 is 23.2 Å². The molecule has 0 bridgehead atoms. The second-order valence-electron chi connectivity index (χ2n) is 3.79. The van der Waals surface area contributed by atoms with Crippen molar-refractivity contribution < 1.29 is 8.42 Å². The van der Waals surface area contributed by atoms with Gasteiger partial charge in [-0.25, -0.2) is 8.42 Å². The van der Waals surface area contributed by atoms with Gasteiger partial charge in [0.15, 0.2) is 0 Å². The SMILES string of the molecule is CS(=O)(=O)CCC(CCl)c1ccccc1Cl. The molecule has 1 atom stereocenters. The number of sulfone groups is 1. The molecular formula is C11H14Cl2O2S. The van der Waals surface area contributed by atoms with Gasteiger partial charge >= 0.3 is 0 Å². The molecule has 5 heteroatoms. The van der Waals surface area contributed by atoms with Gasteiger partial charge in [-0.05, 0) is 24.0 Å². The summed E-state index contributed by atoms with van der Waals surface area (Å²) >= 11 is 11.9. The van der Waals surface area contributed by atoms with E-state index in [2.05, 4.69) is 0 Å². The van der Waals surface area contributed by atoms with E-state index in [0.717, 1.165) is 5.56 Å². The van der Waals surface area contributed by atoms with Gasteiger partial charge in [0, 0.05) is 17.2 Å².